The maximum Gasteiger partial charge on any atom is 0.205 e. The third-order valence-electron chi connectivity index (χ3n) is 2.16. The zero-order valence-corrected chi connectivity index (χ0v) is 9.47. The van der Waals surface area contributed by atoms with Crippen molar-refractivity contribution in [1.29, 1.82) is 0 Å². The smallest absolute Gasteiger partial charge is 0.205 e. The number of aliphatic hydroxyl groups is 1. The summed E-state index contributed by atoms with van der Waals surface area (Å²) in [4.78, 5) is 3.31. The van der Waals surface area contributed by atoms with Gasteiger partial charge in [-0.25, -0.2) is 4.85 Å². The van der Waals surface area contributed by atoms with Crippen LogP contribution in [-0.2, 0) is 0 Å². The van der Waals surface area contributed by atoms with Crippen molar-refractivity contribution in [2.45, 2.75) is 19.9 Å². The number of hydrogen-bond donors (Lipinski definition) is 2. The molecule has 0 amide bonds. The van der Waals surface area contributed by atoms with Crippen LogP contribution in [0.2, 0.25) is 5.02 Å². The molecule has 15 heavy (non-hydrogen) atoms. The molecule has 1 aromatic carbocycles. The topological polar surface area (TPSA) is 36.6 Å². The average Bonchev–Trinajstić information content (AvgIpc) is 2.25. The molecule has 0 aliphatic carbocycles. The van der Waals surface area contributed by atoms with Gasteiger partial charge in [-0.2, -0.15) is 0 Å². The molecular formula is C11H13ClN2O. The van der Waals surface area contributed by atoms with Crippen LogP contribution in [0.5, 0.6) is 0 Å². The van der Waals surface area contributed by atoms with Gasteiger partial charge in [0.25, 0.3) is 0 Å². The summed E-state index contributed by atoms with van der Waals surface area (Å²) in [6.45, 7) is 10.7. The van der Waals surface area contributed by atoms with Gasteiger partial charge in [-0.3, -0.25) is 0 Å². The van der Waals surface area contributed by atoms with Crippen molar-refractivity contribution in [3.63, 3.8) is 0 Å². The molecule has 0 aliphatic heterocycles. The predicted octanol–water partition coefficient (Wildman–Crippen LogP) is 2.99. The molecule has 1 aromatic rings. The minimum atomic E-state index is -0.0291. The van der Waals surface area contributed by atoms with Crippen LogP contribution in [0.25, 0.3) is 4.85 Å². The lowest BCUT2D eigenvalue weighted by Crippen LogP contribution is -2.19. The number of rotatable bonds is 3. The second kappa shape index (κ2) is 5.01. The van der Waals surface area contributed by atoms with E-state index >= 15 is 0 Å². The van der Waals surface area contributed by atoms with Crippen molar-refractivity contribution in [1.82, 2.24) is 0 Å². The summed E-state index contributed by atoms with van der Waals surface area (Å²) >= 11 is 6.01. The SMILES string of the molecule is [C-]#[N+]c1ccc(N[C@@H](C)CO)c(C)c1Cl. The number of aliphatic hydroxyl groups excluding tert-OH is 1. The van der Waals surface area contributed by atoms with E-state index in [1.807, 2.05) is 13.8 Å². The molecule has 0 radical (unpaired) electrons. The van der Waals surface area contributed by atoms with Crippen LogP contribution in [0.3, 0.4) is 0 Å². The number of nitrogens with zero attached hydrogens (tertiary/aromatic N) is 1. The van der Waals surface area contributed by atoms with Crippen LogP contribution in [0, 0.1) is 13.5 Å². The highest BCUT2D eigenvalue weighted by Crippen LogP contribution is 2.33. The van der Waals surface area contributed by atoms with E-state index in [2.05, 4.69) is 10.2 Å². The fraction of sp³-hybridized carbons (Fsp3) is 0.364. The summed E-state index contributed by atoms with van der Waals surface area (Å²) in [5.74, 6) is 0. The van der Waals surface area contributed by atoms with Crippen molar-refractivity contribution in [3.8, 4) is 0 Å². The van der Waals surface area contributed by atoms with Gasteiger partial charge in [0.05, 0.1) is 18.2 Å². The molecule has 2 N–H and O–H groups in total. The van der Waals surface area contributed by atoms with Gasteiger partial charge in [0.2, 0.25) is 5.69 Å². The maximum absolute atomic E-state index is 8.91. The van der Waals surface area contributed by atoms with Crippen molar-refractivity contribution in [3.05, 3.63) is 34.1 Å². The quantitative estimate of drug-likeness (QED) is 0.775. The number of anilines is 1. The van der Waals surface area contributed by atoms with E-state index in [0.717, 1.165) is 11.3 Å². The Morgan fingerprint density at radius 1 is 1.60 bits per heavy atom. The van der Waals surface area contributed by atoms with E-state index in [1.165, 1.54) is 0 Å². The van der Waals surface area contributed by atoms with Gasteiger partial charge in [-0.15, -0.1) is 0 Å². The first kappa shape index (κ1) is 11.8. The Morgan fingerprint density at radius 3 is 2.80 bits per heavy atom. The number of halogens is 1. The Labute approximate surface area is 94.5 Å². The molecule has 0 spiro atoms. The van der Waals surface area contributed by atoms with Crippen LogP contribution in [0.15, 0.2) is 12.1 Å². The van der Waals surface area contributed by atoms with E-state index in [1.54, 1.807) is 12.1 Å². The molecule has 80 valence electrons. The highest BCUT2D eigenvalue weighted by molar-refractivity contribution is 6.34. The number of benzene rings is 1. The molecule has 0 bridgehead atoms. The zero-order valence-electron chi connectivity index (χ0n) is 8.71. The lowest BCUT2D eigenvalue weighted by Gasteiger charge is -2.15. The average molecular weight is 225 g/mol. The fourth-order valence-electron chi connectivity index (χ4n) is 1.22. The standard InChI is InChI=1S/C11H13ClN2O/c1-7(6-15)14-9-4-5-10(13-3)11(12)8(9)2/h4-5,7,14-15H,6H2,1-2H3/t7-/m0/s1. The summed E-state index contributed by atoms with van der Waals surface area (Å²) in [6, 6.07) is 3.45. The zero-order chi connectivity index (χ0) is 11.4. The molecular weight excluding hydrogens is 212 g/mol. The Kier molecular flexibility index (Phi) is 3.96. The van der Waals surface area contributed by atoms with Crippen molar-refractivity contribution < 1.29 is 5.11 Å². The van der Waals surface area contributed by atoms with Crippen molar-refractivity contribution in [2.75, 3.05) is 11.9 Å². The first-order valence-electron chi connectivity index (χ1n) is 4.64. The van der Waals surface area contributed by atoms with Gasteiger partial charge in [0, 0.05) is 11.7 Å². The van der Waals surface area contributed by atoms with Gasteiger partial charge in [0.1, 0.15) is 0 Å². The van der Waals surface area contributed by atoms with Gasteiger partial charge >= 0.3 is 0 Å². The maximum atomic E-state index is 8.91. The van der Waals surface area contributed by atoms with Gasteiger partial charge in [-0.1, -0.05) is 17.7 Å². The second-order valence-corrected chi connectivity index (χ2v) is 3.79. The molecule has 1 atom stereocenters. The minimum Gasteiger partial charge on any atom is -0.394 e. The first-order chi connectivity index (χ1) is 7.10. The van der Waals surface area contributed by atoms with E-state index < -0.39 is 0 Å². The normalized spacial score (nSPS) is 11.9. The number of hydrogen-bond acceptors (Lipinski definition) is 2. The van der Waals surface area contributed by atoms with Gasteiger partial charge in [-0.05, 0) is 25.5 Å². The molecule has 4 heteroatoms. The monoisotopic (exact) mass is 224 g/mol. The van der Waals surface area contributed by atoms with Crippen molar-refractivity contribution in [2.24, 2.45) is 0 Å². The van der Waals surface area contributed by atoms with E-state index in [0.29, 0.717) is 10.7 Å². The Bertz CT molecular complexity index is 398. The summed E-state index contributed by atoms with van der Waals surface area (Å²) < 4.78 is 0. The molecule has 0 saturated carbocycles. The Morgan fingerprint density at radius 2 is 2.27 bits per heavy atom. The molecule has 0 aromatic heterocycles. The molecule has 0 fully saturated rings. The third-order valence-corrected chi connectivity index (χ3v) is 2.64. The van der Waals surface area contributed by atoms with E-state index in [4.69, 9.17) is 23.3 Å². The predicted molar refractivity (Wildman–Crippen MR) is 62.6 cm³/mol. The molecule has 1 rings (SSSR count). The van der Waals surface area contributed by atoms with Crippen LogP contribution in [-0.4, -0.2) is 17.8 Å². The van der Waals surface area contributed by atoms with Crippen molar-refractivity contribution >= 4 is 23.0 Å². The second-order valence-electron chi connectivity index (χ2n) is 3.41. The fourth-order valence-corrected chi connectivity index (χ4v) is 1.43. The highest BCUT2D eigenvalue weighted by atomic mass is 35.5. The molecule has 3 nitrogen and oxygen atoms in total. The van der Waals surface area contributed by atoms with E-state index in [-0.39, 0.29) is 12.6 Å². The Balaban J connectivity index is 3.03. The third kappa shape index (κ3) is 2.62. The summed E-state index contributed by atoms with van der Waals surface area (Å²) in [5.41, 5.74) is 2.15. The Hall–Kier alpha value is -1.24. The van der Waals surface area contributed by atoms with Crippen LogP contribution in [0.1, 0.15) is 12.5 Å². The van der Waals surface area contributed by atoms with E-state index in [9.17, 15) is 0 Å². The van der Waals surface area contributed by atoms with Crippen LogP contribution in [0.4, 0.5) is 11.4 Å². The lowest BCUT2D eigenvalue weighted by atomic mass is 10.1. The van der Waals surface area contributed by atoms with Gasteiger partial charge < -0.3 is 10.4 Å². The lowest BCUT2D eigenvalue weighted by molar-refractivity contribution is 0.281. The highest BCUT2D eigenvalue weighted by Gasteiger charge is 2.09. The summed E-state index contributed by atoms with van der Waals surface area (Å²) in [5, 5.41) is 12.5. The molecule has 0 unspecified atom stereocenters. The molecule has 0 saturated heterocycles. The summed E-state index contributed by atoms with van der Waals surface area (Å²) in [6.07, 6.45) is 0. The minimum absolute atomic E-state index is 0.0291. The summed E-state index contributed by atoms with van der Waals surface area (Å²) in [7, 11) is 0. The number of nitrogens with one attached hydrogen (secondary N) is 1. The molecule has 0 aliphatic rings. The van der Waals surface area contributed by atoms with Gasteiger partial charge in [0.15, 0.2) is 0 Å². The van der Waals surface area contributed by atoms with Crippen LogP contribution >= 0.6 is 11.6 Å². The largest absolute Gasteiger partial charge is 0.394 e. The van der Waals surface area contributed by atoms with Crippen LogP contribution < -0.4 is 5.32 Å². The first-order valence-corrected chi connectivity index (χ1v) is 5.02. The molecule has 0 heterocycles.